The number of aromatic hydroxyl groups is 1. The SMILES string of the molecule is CCCCC/C(=N\OC(C)=O)C(=O)c1ccc2c(c1)c1cc(C(=O)c3ccc(O)cc3)ccc1n2CC(CC)CCCC. The molecule has 0 bridgehead atoms. The molecular weight excluding hydrogens is 540 g/mol. The highest BCUT2D eigenvalue weighted by Gasteiger charge is 2.21. The van der Waals surface area contributed by atoms with Gasteiger partial charge in [-0.3, -0.25) is 9.59 Å². The van der Waals surface area contributed by atoms with E-state index >= 15 is 0 Å². The number of hydrogen-bond donors (Lipinski definition) is 1. The number of phenols is 1. The van der Waals surface area contributed by atoms with E-state index in [9.17, 15) is 19.5 Å². The second-order valence-corrected chi connectivity index (χ2v) is 11.3. The average Bonchev–Trinajstić information content (AvgIpc) is 3.32. The Bertz CT molecular complexity index is 1630. The Morgan fingerprint density at radius 1 is 0.814 bits per heavy atom. The van der Waals surface area contributed by atoms with Gasteiger partial charge in [0.15, 0.2) is 5.78 Å². The maximum atomic E-state index is 13.7. The topological polar surface area (TPSA) is 98.0 Å². The summed E-state index contributed by atoms with van der Waals surface area (Å²) in [6, 6.07) is 17.7. The first-order valence-electron chi connectivity index (χ1n) is 15.5. The average molecular weight is 583 g/mol. The monoisotopic (exact) mass is 582 g/mol. The molecule has 0 aliphatic heterocycles. The Balaban J connectivity index is 1.83. The molecule has 0 spiro atoms. The minimum atomic E-state index is -0.571. The van der Waals surface area contributed by atoms with Crippen molar-refractivity contribution in [1.29, 1.82) is 0 Å². The van der Waals surface area contributed by atoms with E-state index in [-0.39, 0.29) is 23.0 Å². The van der Waals surface area contributed by atoms with Crippen molar-refractivity contribution < 1.29 is 24.3 Å². The van der Waals surface area contributed by atoms with Crippen LogP contribution in [0.4, 0.5) is 0 Å². The van der Waals surface area contributed by atoms with Crippen molar-refractivity contribution in [3.05, 3.63) is 77.4 Å². The molecule has 7 heteroatoms. The number of hydrogen-bond acceptors (Lipinski definition) is 6. The van der Waals surface area contributed by atoms with Crippen molar-refractivity contribution in [1.82, 2.24) is 4.57 Å². The van der Waals surface area contributed by atoms with Gasteiger partial charge in [0.25, 0.3) is 0 Å². The second-order valence-electron chi connectivity index (χ2n) is 11.3. The van der Waals surface area contributed by atoms with Gasteiger partial charge in [0.2, 0.25) is 5.78 Å². The molecule has 0 radical (unpaired) electrons. The molecule has 1 aromatic heterocycles. The Morgan fingerprint density at radius 3 is 2.02 bits per heavy atom. The molecular formula is C36H42N2O5. The summed E-state index contributed by atoms with van der Waals surface area (Å²) in [5, 5.41) is 15.4. The van der Waals surface area contributed by atoms with E-state index in [1.807, 2.05) is 36.4 Å². The highest BCUT2D eigenvalue weighted by Crippen LogP contribution is 2.33. The van der Waals surface area contributed by atoms with Crippen molar-refractivity contribution in [2.24, 2.45) is 11.1 Å². The summed E-state index contributed by atoms with van der Waals surface area (Å²) in [5.41, 5.74) is 3.71. The van der Waals surface area contributed by atoms with Crippen LogP contribution in [-0.4, -0.2) is 32.9 Å². The number of rotatable bonds is 15. The number of benzene rings is 3. The molecule has 4 aromatic rings. The number of unbranched alkanes of at least 4 members (excludes halogenated alkanes) is 3. The third-order valence-electron chi connectivity index (χ3n) is 8.07. The van der Waals surface area contributed by atoms with Gasteiger partial charge in [-0.05, 0) is 85.8 Å². The number of nitrogens with zero attached hydrogens (tertiary/aromatic N) is 2. The van der Waals surface area contributed by atoms with Gasteiger partial charge in [0.1, 0.15) is 11.5 Å². The van der Waals surface area contributed by atoms with E-state index in [2.05, 4.69) is 30.5 Å². The molecule has 1 N–H and O–H groups in total. The predicted octanol–water partition coefficient (Wildman–Crippen LogP) is 8.63. The van der Waals surface area contributed by atoms with Crippen molar-refractivity contribution in [2.75, 3.05) is 0 Å². The first kappa shape index (κ1) is 31.7. The highest BCUT2D eigenvalue weighted by atomic mass is 16.7. The molecule has 43 heavy (non-hydrogen) atoms. The number of fused-ring (bicyclic) bond motifs is 3. The summed E-state index contributed by atoms with van der Waals surface area (Å²) in [5.74, 6) is -0.382. The van der Waals surface area contributed by atoms with Crippen LogP contribution in [0.15, 0.2) is 65.8 Å². The largest absolute Gasteiger partial charge is 0.508 e. The number of phenolic OH excluding ortho intramolecular Hbond substituents is 1. The summed E-state index contributed by atoms with van der Waals surface area (Å²) in [6.45, 7) is 8.62. The normalized spacial score (nSPS) is 12.5. The van der Waals surface area contributed by atoms with Gasteiger partial charge in [-0.25, -0.2) is 4.79 Å². The first-order chi connectivity index (χ1) is 20.8. The van der Waals surface area contributed by atoms with Crippen molar-refractivity contribution >= 4 is 45.1 Å². The Kier molecular flexibility index (Phi) is 10.9. The van der Waals surface area contributed by atoms with Crippen LogP contribution in [0.5, 0.6) is 5.75 Å². The van der Waals surface area contributed by atoms with Crippen LogP contribution in [0.2, 0.25) is 0 Å². The van der Waals surface area contributed by atoms with E-state index in [0.29, 0.717) is 29.0 Å². The lowest BCUT2D eigenvalue weighted by Gasteiger charge is -2.17. The molecule has 4 rings (SSSR count). The smallest absolute Gasteiger partial charge is 0.331 e. The molecule has 0 saturated heterocycles. The number of ketones is 2. The number of aromatic nitrogens is 1. The Morgan fingerprint density at radius 2 is 1.42 bits per heavy atom. The summed E-state index contributed by atoms with van der Waals surface area (Å²) >= 11 is 0. The van der Waals surface area contributed by atoms with E-state index < -0.39 is 5.97 Å². The zero-order valence-electron chi connectivity index (χ0n) is 25.7. The predicted molar refractivity (Wildman–Crippen MR) is 172 cm³/mol. The van der Waals surface area contributed by atoms with Crippen LogP contribution in [0.1, 0.15) is 105 Å². The van der Waals surface area contributed by atoms with Crippen LogP contribution in [-0.2, 0) is 16.2 Å². The zero-order valence-corrected chi connectivity index (χ0v) is 25.7. The second kappa shape index (κ2) is 14.8. The minimum Gasteiger partial charge on any atom is -0.508 e. The fourth-order valence-electron chi connectivity index (χ4n) is 5.57. The van der Waals surface area contributed by atoms with Crippen LogP contribution in [0, 0.1) is 5.92 Å². The van der Waals surface area contributed by atoms with E-state index in [0.717, 1.165) is 66.9 Å². The van der Waals surface area contributed by atoms with E-state index in [1.165, 1.54) is 25.5 Å². The molecule has 7 nitrogen and oxygen atoms in total. The maximum Gasteiger partial charge on any atom is 0.331 e. The molecule has 0 aliphatic carbocycles. The highest BCUT2D eigenvalue weighted by molar-refractivity contribution is 6.46. The maximum absolute atomic E-state index is 13.7. The number of Topliss-reactive ketones (excluding diaryl/α,β-unsaturated/α-hetero) is 1. The lowest BCUT2D eigenvalue weighted by Crippen LogP contribution is -2.16. The fourth-order valence-corrected chi connectivity index (χ4v) is 5.57. The summed E-state index contributed by atoms with van der Waals surface area (Å²) in [7, 11) is 0. The number of oxime groups is 1. The third kappa shape index (κ3) is 7.58. The quantitative estimate of drug-likeness (QED) is 0.0497. The van der Waals surface area contributed by atoms with Crippen molar-refractivity contribution in [3.63, 3.8) is 0 Å². The van der Waals surface area contributed by atoms with E-state index in [4.69, 9.17) is 4.84 Å². The molecule has 0 amide bonds. The Hall–Kier alpha value is -4.26. The van der Waals surface area contributed by atoms with Crippen molar-refractivity contribution in [3.8, 4) is 5.75 Å². The standard InChI is InChI=1S/C36H42N2O5/c1-5-8-10-12-32(37-43-24(4)39)36(42)28-16-20-34-31(22-28)30-21-27(35(41)26-13-17-29(40)18-14-26)15-19-33(30)38(34)23-25(7-3)11-9-6-2/h13-22,25,40H,5-12,23H2,1-4H3/b37-32+. The lowest BCUT2D eigenvalue weighted by atomic mass is 9.98. The molecule has 0 aliphatic rings. The molecule has 226 valence electrons. The van der Waals surface area contributed by atoms with Gasteiger partial charge < -0.3 is 14.5 Å². The Labute approximate surface area is 253 Å². The molecule has 1 atom stereocenters. The molecule has 0 fully saturated rings. The van der Waals surface area contributed by atoms with Gasteiger partial charge in [-0.1, -0.05) is 58.0 Å². The van der Waals surface area contributed by atoms with Gasteiger partial charge in [0.05, 0.1) is 0 Å². The first-order valence-corrected chi connectivity index (χ1v) is 15.5. The van der Waals surface area contributed by atoms with Gasteiger partial charge >= 0.3 is 5.97 Å². The van der Waals surface area contributed by atoms with Crippen LogP contribution in [0.25, 0.3) is 21.8 Å². The van der Waals surface area contributed by atoms with Crippen LogP contribution in [0.3, 0.4) is 0 Å². The number of carbonyl (C=O) groups excluding carboxylic acids is 3. The lowest BCUT2D eigenvalue weighted by molar-refractivity contribution is -0.140. The van der Waals surface area contributed by atoms with Gasteiger partial charge in [0, 0.05) is 52.0 Å². The van der Waals surface area contributed by atoms with Crippen LogP contribution < -0.4 is 0 Å². The van der Waals surface area contributed by atoms with Crippen molar-refractivity contribution in [2.45, 2.75) is 85.6 Å². The molecule has 3 aromatic carbocycles. The third-order valence-corrected chi connectivity index (χ3v) is 8.07. The number of carbonyl (C=O) groups is 3. The van der Waals surface area contributed by atoms with Crippen LogP contribution >= 0.6 is 0 Å². The summed E-state index contributed by atoms with van der Waals surface area (Å²) in [4.78, 5) is 43.4. The zero-order chi connectivity index (χ0) is 30.9. The molecule has 1 heterocycles. The van der Waals surface area contributed by atoms with E-state index in [1.54, 1.807) is 12.1 Å². The summed E-state index contributed by atoms with van der Waals surface area (Å²) < 4.78 is 2.31. The molecule has 1 unspecified atom stereocenters. The molecule has 0 saturated carbocycles. The van der Waals surface area contributed by atoms with Gasteiger partial charge in [-0.15, -0.1) is 0 Å². The fraction of sp³-hybridized carbons (Fsp3) is 0.389. The van der Waals surface area contributed by atoms with Gasteiger partial charge in [-0.2, -0.15) is 0 Å². The minimum absolute atomic E-state index is 0.104. The summed E-state index contributed by atoms with van der Waals surface area (Å²) in [6.07, 6.45) is 7.62.